The molecule has 0 bridgehead atoms. The molecule has 0 unspecified atom stereocenters. The molecule has 0 amide bonds. The van der Waals surface area contributed by atoms with Crippen LogP contribution >= 0.6 is 11.3 Å². The summed E-state index contributed by atoms with van der Waals surface area (Å²) in [5, 5.41) is 7.70. The van der Waals surface area contributed by atoms with E-state index in [-0.39, 0.29) is 6.10 Å². The third kappa shape index (κ3) is 5.08. The minimum absolute atomic E-state index is 0.100. The molecule has 0 saturated carbocycles. The molecule has 1 atom stereocenters. The van der Waals surface area contributed by atoms with Gasteiger partial charge < -0.3 is 10.1 Å². The van der Waals surface area contributed by atoms with E-state index in [0.717, 1.165) is 18.7 Å². The molecule has 0 fully saturated rings. The van der Waals surface area contributed by atoms with E-state index in [9.17, 15) is 0 Å². The Morgan fingerprint density at radius 2 is 1.75 bits per heavy atom. The number of thiophene rings is 1. The monoisotopic (exact) mass is 341 g/mol. The Morgan fingerprint density at radius 1 is 1.00 bits per heavy atom. The van der Waals surface area contributed by atoms with Gasteiger partial charge in [0.25, 0.3) is 0 Å². The highest BCUT2D eigenvalue weighted by Gasteiger charge is 2.15. The molecule has 3 heteroatoms. The van der Waals surface area contributed by atoms with Crippen molar-refractivity contribution in [3.05, 3.63) is 64.9 Å². The van der Waals surface area contributed by atoms with Crippen molar-refractivity contribution in [3.63, 3.8) is 0 Å². The molecule has 1 heterocycles. The van der Waals surface area contributed by atoms with Crippen molar-refractivity contribution < 1.29 is 4.74 Å². The van der Waals surface area contributed by atoms with Crippen molar-refractivity contribution in [3.8, 4) is 5.75 Å². The number of hydrogen-bond acceptors (Lipinski definition) is 3. The van der Waals surface area contributed by atoms with Crippen LogP contribution in [0.25, 0.3) is 10.8 Å². The molecule has 1 aromatic heterocycles. The first-order chi connectivity index (χ1) is 11.8. The van der Waals surface area contributed by atoms with Gasteiger partial charge in [-0.25, -0.2) is 0 Å². The predicted octanol–water partition coefficient (Wildman–Crippen LogP) is 6.05. The van der Waals surface area contributed by atoms with Crippen molar-refractivity contribution in [1.82, 2.24) is 5.32 Å². The largest absolute Gasteiger partial charge is 0.484 e. The van der Waals surface area contributed by atoms with Crippen LogP contribution in [0.5, 0.6) is 5.75 Å². The van der Waals surface area contributed by atoms with E-state index in [4.69, 9.17) is 4.74 Å². The highest BCUT2D eigenvalue weighted by atomic mass is 32.1. The Hall–Kier alpha value is -1.84. The summed E-state index contributed by atoms with van der Waals surface area (Å²) < 4.78 is 6.34. The van der Waals surface area contributed by atoms with Crippen LogP contribution in [-0.2, 0) is 0 Å². The summed E-state index contributed by atoms with van der Waals surface area (Å²) >= 11 is 1.75. The lowest BCUT2D eigenvalue weighted by molar-refractivity contribution is 0.201. The molecular formula is C21H27NOS. The Bertz CT molecular complexity index is 703. The average Bonchev–Trinajstić information content (AvgIpc) is 3.14. The summed E-state index contributed by atoms with van der Waals surface area (Å²) in [6.45, 7) is 5.19. The third-order valence-electron chi connectivity index (χ3n) is 3.54. The van der Waals surface area contributed by atoms with E-state index < -0.39 is 0 Å². The maximum atomic E-state index is 6.34. The fraction of sp³-hybridized carbons (Fsp3) is 0.333. The predicted molar refractivity (Wildman–Crippen MR) is 106 cm³/mol. The first-order valence-electron chi connectivity index (χ1n) is 8.62. The Morgan fingerprint density at radius 3 is 2.46 bits per heavy atom. The molecule has 0 aliphatic heterocycles. The van der Waals surface area contributed by atoms with Crippen molar-refractivity contribution >= 4 is 22.1 Å². The number of fused-ring (bicyclic) bond motifs is 1. The van der Waals surface area contributed by atoms with E-state index in [1.54, 1.807) is 11.3 Å². The summed E-state index contributed by atoms with van der Waals surface area (Å²) in [6, 6.07) is 18.8. The lowest BCUT2D eigenvalue weighted by Crippen LogP contribution is -2.15. The van der Waals surface area contributed by atoms with Crippen LogP contribution in [0.15, 0.2) is 60.0 Å². The maximum absolute atomic E-state index is 6.34. The smallest absolute Gasteiger partial charge is 0.134 e. The van der Waals surface area contributed by atoms with Crippen LogP contribution in [0, 0.1) is 0 Å². The van der Waals surface area contributed by atoms with Gasteiger partial charge in [0.15, 0.2) is 0 Å². The molecular weight excluding hydrogens is 314 g/mol. The second-order valence-electron chi connectivity index (χ2n) is 5.70. The SMILES string of the molecule is CCC.CNCC[C@H](Oc1cccc2ccccc12)c1cccs1. The van der Waals surface area contributed by atoms with Gasteiger partial charge in [0.05, 0.1) is 0 Å². The van der Waals surface area contributed by atoms with E-state index in [1.807, 2.05) is 7.05 Å². The lowest BCUT2D eigenvalue weighted by atomic mass is 10.1. The lowest BCUT2D eigenvalue weighted by Gasteiger charge is -2.19. The second kappa shape index (κ2) is 10.1. The van der Waals surface area contributed by atoms with Crippen LogP contribution in [0.4, 0.5) is 0 Å². The number of nitrogens with one attached hydrogen (secondary N) is 1. The Balaban J connectivity index is 0.000000647. The molecule has 0 aliphatic carbocycles. The summed E-state index contributed by atoms with van der Waals surface area (Å²) in [5.74, 6) is 0.961. The minimum atomic E-state index is 0.100. The zero-order chi connectivity index (χ0) is 17.2. The first-order valence-corrected chi connectivity index (χ1v) is 9.50. The van der Waals surface area contributed by atoms with Gasteiger partial charge in [-0.2, -0.15) is 0 Å². The number of benzene rings is 2. The van der Waals surface area contributed by atoms with Crippen LogP contribution in [0.3, 0.4) is 0 Å². The molecule has 0 aliphatic rings. The Kier molecular flexibility index (Phi) is 7.80. The maximum Gasteiger partial charge on any atom is 0.134 e. The third-order valence-corrected chi connectivity index (χ3v) is 4.50. The van der Waals surface area contributed by atoms with E-state index in [0.29, 0.717) is 0 Å². The number of ether oxygens (including phenoxy) is 1. The molecule has 3 rings (SSSR count). The molecule has 2 nitrogen and oxygen atoms in total. The van der Waals surface area contributed by atoms with Gasteiger partial charge in [-0.15, -0.1) is 11.3 Å². The number of hydrogen-bond donors (Lipinski definition) is 1. The van der Waals surface area contributed by atoms with Gasteiger partial charge in [0.1, 0.15) is 11.9 Å². The summed E-state index contributed by atoms with van der Waals surface area (Å²) in [6.07, 6.45) is 2.31. The fourth-order valence-electron chi connectivity index (χ4n) is 2.46. The summed E-state index contributed by atoms with van der Waals surface area (Å²) in [4.78, 5) is 1.28. The van der Waals surface area contributed by atoms with Gasteiger partial charge in [0, 0.05) is 16.7 Å². The van der Waals surface area contributed by atoms with E-state index in [2.05, 4.69) is 79.1 Å². The first kappa shape index (κ1) is 18.5. The van der Waals surface area contributed by atoms with Gasteiger partial charge in [-0.05, 0) is 36.5 Å². The summed E-state index contributed by atoms with van der Waals surface area (Å²) in [5.41, 5.74) is 0. The van der Waals surface area contributed by atoms with E-state index in [1.165, 1.54) is 22.1 Å². The summed E-state index contributed by atoms with van der Waals surface area (Å²) in [7, 11) is 1.98. The standard InChI is InChI=1S/C18H19NOS.C3H8/c1-19-12-11-17(18-10-5-13-21-18)20-16-9-4-7-14-6-2-3-8-15(14)16;1-3-2/h2-10,13,17,19H,11-12H2,1H3;3H2,1-2H3/t17-;/m0./s1. The van der Waals surface area contributed by atoms with Gasteiger partial charge in [0.2, 0.25) is 0 Å². The molecule has 3 aromatic rings. The van der Waals surface area contributed by atoms with Crippen molar-refractivity contribution in [2.45, 2.75) is 32.8 Å². The average molecular weight is 342 g/mol. The molecule has 0 radical (unpaired) electrons. The van der Waals surface area contributed by atoms with Crippen molar-refractivity contribution in [2.24, 2.45) is 0 Å². The van der Waals surface area contributed by atoms with Crippen LogP contribution in [-0.4, -0.2) is 13.6 Å². The molecule has 128 valence electrons. The minimum Gasteiger partial charge on any atom is -0.484 e. The zero-order valence-electron chi connectivity index (χ0n) is 14.8. The highest BCUT2D eigenvalue weighted by Crippen LogP contribution is 2.32. The molecule has 1 N–H and O–H groups in total. The van der Waals surface area contributed by atoms with Gasteiger partial charge in [-0.3, -0.25) is 0 Å². The van der Waals surface area contributed by atoms with Crippen LogP contribution in [0.2, 0.25) is 0 Å². The highest BCUT2D eigenvalue weighted by molar-refractivity contribution is 7.10. The van der Waals surface area contributed by atoms with Gasteiger partial charge in [-0.1, -0.05) is 62.7 Å². The van der Waals surface area contributed by atoms with Gasteiger partial charge >= 0.3 is 0 Å². The Labute approximate surface area is 149 Å². The molecule has 2 aromatic carbocycles. The van der Waals surface area contributed by atoms with Crippen molar-refractivity contribution in [2.75, 3.05) is 13.6 Å². The topological polar surface area (TPSA) is 21.3 Å². The zero-order valence-corrected chi connectivity index (χ0v) is 15.6. The molecule has 0 saturated heterocycles. The fourth-order valence-corrected chi connectivity index (χ4v) is 3.25. The normalized spacial score (nSPS) is 11.6. The molecule has 0 spiro atoms. The second-order valence-corrected chi connectivity index (χ2v) is 6.68. The number of rotatable bonds is 6. The van der Waals surface area contributed by atoms with Crippen LogP contribution < -0.4 is 10.1 Å². The van der Waals surface area contributed by atoms with Crippen molar-refractivity contribution in [1.29, 1.82) is 0 Å². The molecule has 24 heavy (non-hydrogen) atoms. The van der Waals surface area contributed by atoms with Crippen LogP contribution in [0.1, 0.15) is 37.7 Å². The quantitative estimate of drug-likeness (QED) is 0.589. The van der Waals surface area contributed by atoms with E-state index >= 15 is 0 Å².